The predicted molar refractivity (Wildman–Crippen MR) is 77.0 cm³/mol. The van der Waals surface area contributed by atoms with Crippen LogP contribution in [0.1, 0.15) is 59.3 Å². The highest BCUT2D eigenvalue weighted by Gasteiger charge is 2.57. The molecule has 1 heterocycles. The van der Waals surface area contributed by atoms with Crippen molar-refractivity contribution in [3.05, 3.63) is 0 Å². The lowest BCUT2D eigenvalue weighted by Crippen LogP contribution is -2.70. The Labute approximate surface area is 121 Å². The van der Waals surface area contributed by atoms with Gasteiger partial charge in [0, 0.05) is 6.54 Å². The highest BCUT2D eigenvalue weighted by Crippen LogP contribution is 2.61. The highest BCUT2D eigenvalue weighted by molar-refractivity contribution is 5.99. The van der Waals surface area contributed by atoms with Gasteiger partial charge >= 0.3 is 0 Å². The van der Waals surface area contributed by atoms with Crippen LogP contribution in [0.5, 0.6) is 0 Å². The van der Waals surface area contributed by atoms with Gasteiger partial charge in [-0.1, -0.05) is 13.8 Å². The van der Waals surface area contributed by atoms with Crippen molar-refractivity contribution in [3.63, 3.8) is 0 Å². The van der Waals surface area contributed by atoms with E-state index in [1.807, 2.05) is 25.7 Å². The maximum atomic E-state index is 12.9. The number of nitrogens with zero attached hydrogens (tertiary/aromatic N) is 1. The second kappa shape index (κ2) is 4.47. The van der Waals surface area contributed by atoms with E-state index < -0.39 is 5.54 Å². The zero-order chi connectivity index (χ0) is 14.5. The number of piperazine rings is 1. The lowest BCUT2D eigenvalue weighted by atomic mass is 9.86. The maximum Gasteiger partial charge on any atom is 0.248 e. The summed E-state index contributed by atoms with van der Waals surface area (Å²) in [5, 5.41) is 2.98. The van der Waals surface area contributed by atoms with E-state index in [0.717, 1.165) is 12.5 Å². The number of hydrogen-bond acceptors (Lipinski definition) is 2. The molecule has 0 aromatic heterocycles. The fraction of sp³-hybridized carbons (Fsp3) is 0.875. The molecule has 4 heteroatoms. The standard InChI is InChI=1S/C16H26N2O2/c1-4-16(5-2)14(20)18(11(3)13(19)17-16)10-15(8-9-15)12-6-7-12/h11-12H,4-10H2,1-3H3,(H,17,19). The fourth-order valence-electron chi connectivity index (χ4n) is 3.81. The average Bonchev–Trinajstić information content (AvgIpc) is 3.31. The van der Waals surface area contributed by atoms with E-state index in [2.05, 4.69) is 5.32 Å². The smallest absolute Gasteiger partial charge is 0.248 e. The first kappa shape index (κ1) is 13.9. The molecule has 0 aromatic carbocycles. The molecule has 0 bridgehead atoms. The van der Waals surface area contributed by atoms with Crippen LogP contribution in [0, 0.1) is 11.3 Å². The maximum absolute atomic E-state index is 12.9. The molecule has 2 amide bonds. The second-order valence-corrected chi connectivity index (χ2v) is 7.02. The minimum absolute atomic E-state index is 0.0138. The van der Waals surface area contributed by atoms with E-state index in [0.29, 0.717) is 18.3 Å². The minimum atomic E-state index is -0.663. The van der Waals surface area contributed by atoms with Crippen molar-refractivity contribution in [2.45, 2.75) is 70.9 Å². The molecule has 3 aliphatic rings. The molecule has 2 aliphatic carbocycles. The number of rotatable bonds is 5. The summed E-state index contributed by atoms with van der Waals surface area (Å²) in [5.41, 5.74) is -0.308. The molecule has 3 rings (SSSR count). The molecule has 0 aromatic rings. The lowest BCUT2D eigenvalue weighted by molar-refractivity contribution is -0.156. The monoisotopic (exact) mass is 278 g/mol. The first-order chi connectivity index (χ1) is 9.48. The molecule has 0 spiro atoms. The van der Waals surface area contributed by atoms with Gasteiger partial charge in [-0.2, -0.15) is 0 Å². The molecule has 0 radical (unpaired) electrons. The Hall–Kier alpha value is -1.06. The largest absolute Gasteiger partial charge is 0.340 e. The van der Waals surface area contributed by atoms with E-state index in [1.54, 1.807) is 0 Å². The van der Waals surface area contributed by atoms with Crippen molar-refractivity contribution < 1.29 is 9.59 Å². The summed E-state index contributed by atoms with van der Waals surface area (Å²) in [4.78, 5) is 27.1. The summed E-state index contributed by atoms with van der Waals surface area (Å²) < 4.78 is 0. The van der Waals surface area contributed by atoms with Gasteiger partial charge < -0.3 is 10.2 Å². The minimum Gasteiger partial charge on any atom is -0.340 e. The number of carbonyl (C=O) groups excluding carboxylic acids is 2. The van der Waals surface area contributed by atoms with Gasteiger partial charge in [-0.05, 0) is 56.8 Å². The quantitative estimate of drug-likeness (QED) is 0.837. The lowest BCUT2D eigenvalue weighted by Gasteiger charge is -2.45. The Morgan fingerprint density at radius 1 is 1.20 bits per heavy atom. The van der Waals surface area contributed by atoms with Gasteiger partial charge in [0.15, 0.2) is 0 Å². The molecular formula is C16H26N2O2. The molecule has 1 saturated heterocycles. The normalized spacial score (nSPS) is 31.1. The molecule has 20 heavy (non-hydrogen) atoms. The van der Waals surface area contributed by atoms with Crippen molar-refractivity contribution in [2.24, 2.45) is 11.3 Å². The molecule has 3 fully saturated rings. The molecule has 1 atom stereocenters. The van der Waals surface area contributed by atoms with Gasteiger partial charge in [0.25, 0.3) is 0 Å². The molecule has 1 unspecified atom stereocenters. The Morgan fingerprint density at radius 2 is 1.80 bits per heavy atom. The Morgan fingerprint density at radius 3 is 2.25 bits per heavy atom. The van der Waals surface area contributed by atoms with E-state index in [-0.39, 0.29) is 17.9 Å². The van der Waals surface area contributed by atoms with Crippen LogP contribution in [0.2, 0.25) is 0 Å². The van der Waals surface area contributed by atoms with Crippen LogP contribution in [-0.2, 0) is 9.59 Å². The van der Waals surface area contributed by atoms with Crippen molar-refractivity contribution in [1.29, 1.82) is 0 Å². The van der Waals surface area contributed by atoms with Crippen LogP contribution < -0.4 is 5.32 Å². The summed E-state index contributed by atoms with van der Waals surface area (Å²) in [7, 11) is 0. The number of hydrogen-bond donors (Lipinski definition) is 1. The van der Waals surface area contributed by atoms with Crippen LogP contribution in [0.4, 0.5) is 0 Å². The summed E-state index contributed by atoms with van der Waals surface area (Å²) >= 11 is 0. The van der Waals surface area contributed by atoms with E-state index in [1.165, 1.54) is 25.7 Å². The summed E-state index contributed by atoms with van der Waals surface area (Å²) in [6, 6.07) is -0.315. The zero-order valence-electron chi connectivity index (χ0n) is 12.9. The first-order valence-corrected chi connectivity index (χ1v) is 8.11. The molecule has 112 valence electrons. The van der Waals surface area contributed by atoms with Crippen molar-refractivity contribution in [2.75, 3.05) is 6.54 Å². The van der Waals surface area contributed by atoms with Crippen LogP contribution in [-0.4, -0.2) is 34.8 Å². The van der Waals surface area contributed by atoms with Gasteiger partial charge in [0.05, 0.1) is 0 Å². The van der Waals surface area contributed by atoms with Gasteiger partial charge in [-0.25, -0.2) is 0 Å². The molecule has 4 nitrogen and oxygen atoms in total. The van der Waals surface area contributed by atoms with E-state index in [4.69, 9.17) is 0 Å². The van der Waals surface area contributed by atoms with Crippen molar-refractivity contribution in [1.82, 2.24) is 10.2 Å². The number of amides is 2. The Kier molecular flexibility index (Phi) is 3.11. The predicted octanol–water partition coefficient (Wildman–Crippen LogP) is 2.08. The SMILES string of the molecule is CCC1(CC)NC(=O)C(C)N(CC2(C3CC3)CC2)C1=O. The van der Waals surface area contributed by atoms with Crippen LogP contribution >= 0.6 is 0 Å². The Balaban J connectivity index is 1.83. The van der Waals surface area contributed by atoms with Crippen LogP contribution in [0.15, 0.2) is 0 Å². The summed E-state index contributed by atoms with van der Waals surface area (Å²) in [6.45, 7) is 6.64. The van der Waals surface area contributed by atoms with Gasteiger partial charge in [0.2, 0.25) is 11.8 Å². The van der Waals surface area contributed by atoms with Crippen molar-refractivity contribution in [3.8, 4) is 0 Å². The third-order valence-corrected chi connectivity index (χ3v) is 5.91. The van der Waals surface area contributed by atoms with E-state index >= 15 is 0 Å². The summed E-state index contributed by atoms with van der Waals surface area (Å²) in [5.74, 6) is 0.964. The van der Waals surface area contributed by atoms with Gasteiger partial charge in [-0.3, -0.25) is 9.59 Å². The number of carbonyl (C=O) groups is 2. The molecule has 1 aliphatic heterocycles. The zero-order valence-corrected chi connectivity index (χ0v) is 12.9. The first-order valence-electron chi connectivity index (χ1n) is 8.11. The third-order valence-electron chi connectivity index (χ3n) is 5.91. The highest BCUT2D eigenvalue weighted by atomic mass is 16.2. The molecule has 2 saturated carbocycles. The third kappa shape index (κ3) is 1.95. The van der Waals surface area contributed by atoms with Gasteiger partial charge in [-0.15, -0.1) is 0 Å². The fourth-order valence-corrected chi connectivity index (χ4v) is 3.81. The average molecular weight is 278 g/mol. The van der Waals surface area contributed by atoms with Crippen LogP contribution in [0.3, 0.4) is 0 Å². The van der Waals surface area contributed by atoms with E-state index in [9.17, 15) is 9.59 Å². The second-order valence-electron chi connectivity index (χ2n) is 7.02. The molecular weight excluding hydrogens is 252 g/mol. The molecule has 1 N–H and O–H groups in total. The summed E-state index contributed by atoms with van der Waals surface area (Å²) in [6.07, 6.45) is 6.45. The van der Waals surface area contributed by atoms with Crippen LogP contribution in [0.25, 0.3) is 0 Å². The van der Waals surface area contributed by atoms with Crippen molar-refractivity contribution >= 4 is 11.8 Å². The van der Waals surface area contributed by atoms with Gasteiger partial charge in [0.1, 0.15) is 11.6 Å². The Bertz CT molecular complexity index is 434. The number of nitrogens with one attached hydrogen (secondary N) is 1. The topological polar surface area (TPSA) is 49.4 Å².